The summed E-state index contributed by atoms with van der Waals surface area (Å²) in [7, 11) is 0. The number of rotatable bonds is 5. The van der Waals surface area contributed by atoms with Crippen molar-refractivity contribution >= 4 is 23.2 Å². The van der Waals surface area contributed by atoms with E-state index in [9.17, 15) is 9.59 Å². The van der Waals surface area contributed by atoms with Crippen LogP contribution in [0.25, 0.3) is 0 Å². The minimum atomic E-state index is -0.0469. The van der Waals surface area contributed by atoms with Crippen LogP contribution in [-0.2, 0) is 9.59 Å². The molecule has 2 saturated heterocycles. The van der Waals surface area contributed by atoms with Crippen LogP contribution in [0.4, 0.5) is 11.4 Å². The van der Waals surface area contributed by atoms with Crippen molar-refractivity contribution in [1.82, 2.24) is 4.90 Å². The zero-order valence-electron chi connectivity index (χ0n) is 17.5. The Hall–Kier alpha value is -3.06. The molecule has 0 aromatic heterocycles. The summed E-state index contributed by atoms with van der Waals surface area (Å²) >= 11 is 0. The fraction of sp³-hybridized carbons (Fsp3) is 0.417. The van der Waals surface area contributed by atoms with E-state index in [0.29, 0.717) is 26.2 Å². The first-order valence-electron chi connectivity index (χ1n) is 11.0. The van der Waals surface area contributed by atoms with Crippen molar-refractivity contribution in [3.05, 3.63) is 48.0 Å². The minimum Gasteiger partial charge on any atom is -0.486 e. The second-order valence-electron chi connectivity index (χ2n) is 8.28. The summed E-state index contributed by atoms with van der Waals surface area (Å²) in [5, 5.41) is 3.01. The van der Waals surface area contributed by atoms with Crippen molar-refractivity contribution in [2.75, 3.05) is 43.1 Å². The van der Waals surface area contributed by atoms with Crippen LogP contribution in [0.2, 0.25) is 0 Å². The standard InChI is InChI=1S/C24H27N3O4/c28-23(25-18-4-1-5-19(15-18)27-11-3-7-24(27)29)16-26-10-2-6-20(26)17-8-9-21-22(14-17)31-13-12-30-21/h1,4-5,8-9,14-15,20H,2-3,6-7,10-13,16H2,(H,25,28). The van der Waals surface area contributed by atoms with Gasteiger partial charge in [-0.2, -0.15) is 0 Å². The molecular formula is C24H27N3O4. The Morgan fingerprint density at radius 3 is 2.74 bits per heavy atom. The maximum atomic E-state index is 12.8. The van der Waals surface area contributed by atoms with E-state index in [1.807, 2.05) is 36.4 Å². The molecule has 0 aliphatic carbocycles. The Balaban J connectivity index is 1.24. The first kappa shape index (κ1) is 19.9. The summed E-state index contributed by atoms with van der Waals surface area (Å²) in [6, 6.07) is 13.8. The molecule has 0 spiro atoms. The van der Waals surface area contributed by atoms with E-state index in [0.717, 1.165) is 60.8 Å². The van der Waals surface area contributed by atoms with Gasteiger partial charge >= 0.3 is 0 Å². The molecule has 2 fully saturated rings. The molecule has 2 amide bonds. The summed E-state index contributed by atoms with van der Waals surface area (Å²) in [5.74, 6) is 1.67. The average Bonchev–Trinajstić information content (AvgIpc) is 3.42. The van der Waals surface area contributed by atoms with Crippen LogP contribution in [0.3, 0.4) is 0 Å². The first-order valence-corrected chi connectivity index (χ1v) is 11.0. The van der Waals surface area contributed by atoms with Gasteiger partial charge in [-0.05, 0) is 61.7 Å². The molecule has 1 atom stereocenters. The number of nitrogens with one attached hydrogen (secondary N) is 1. The molecule has 31 heavy (non-hydrogen) atoms. The molecule has 5 rings (SSSR count). The lowest BCUT2D eigenvalue weighted by atomic mass is 10.0. The SMILES string of the molecule is O=C(CN1CCCC1c1ccc2c(c1)OCCO2)Nc1cccc(N2CCCC2=O)c1. The Labute approximate surface area is 181 Å². The van der Waals surface area contributed by atoms with Crippen LogP contribution >= 0.6 is 0 Å². The number of amides is 2. The highest BCUT2D eigenvalue weighted by Crippen LogP contribution is 2.38. The fourth-order valence-corrected chi connectivity index (χ4v) is 4.72. The molecule has 7 heteroatoms. The second-order valence-corrected chi connectivity index (χ2v) is 8.28. The van der Waals surface area contributed by atoms with Gasteiger partial charge in [0.15, 0.2) is 11.5 Å². The number of carbonyl (C=O) groups excluding carboxylic acids is 2. The maximum absolute atomic E-state index is 12.8. The van der Waals surface area contributed by atoms with Crippen LogP contribution in [-0.4, -0.2) is 49.6 Å². The van der Waals surface area contributed by atoms with Gasteiger partial charge in [0.25, 0.3) is 0 Å². The maximum Gasteiger partial charge on any atom is 0.238 e. The van der Waals surface area contributed by atoms with Crippen molar-refractivity contribution in [2.45, 2.75) is 31.7 Å². The summed E-state index contributed by atoms with van der Waals surface area (Å²) in [5.41, 5.74) is 2.72. The summed E-state index contributed by atoms with van der Waals surface area (Å²) < 4.78 is 11.4. The zero-order chi connectivity index (χ0) is 21.2. The molecule has 0 saturated carbocycles. The molecule has 162 valence electrons. The third-order valence-corrected chi connectivity index (χ3v) is 6.18. The quantitative estimate of drug-likeness (QED) is 0.802. The number of carbonyl (C=O) groups is 2. The van der Waals surface area contributed by atoms with Crippen LogP contribution in [0.1, 0.15) is 37.3 Å². The molecule has 7 nitrogen and oxygen atoms in total. The highest BCUT2D eigenvalue weighted by molar-refractivity contribution is 5.97. The average molecular weight is 421 g/mol. The van der Waals surface area contributed by atoms with Crippen LogP contribution in [0.15, 0.2) is 42.5 Å². The zero-order valence-corrected chi connectivity index (χ0v) is 17.5. The highest BCUT2D eigenvalue weighted by atomic mass is 16.6. The van der Waals surface area contributed by atoms with E-state index in [4.69, 9.17) is 9.47 Å². The minimum absolute atomic E-state index is 0.0469. The topological polar surface area (TPSA) is 71.1 Å². The van der Waals surface area contributed by atoms with Gasteiger partial charge in [0.05, 0.1) is 6.54 Å². The van der Waals surface area contributed by atoms with Gasteiger partial charge in [-0.3, -0.25) is 14.5 Å². The van der Waals surface area contributed by atoms with Crippen molar-refractivity contribution in [3.8, 4) is 11.5 Å². The highest BCUT2D eigenvalue weighted by Gasteiger charge is 2.29. The normalized spacial score (nSPS) is 20.8. The Bertz CT molecular complexity index is 993. The molecule has 2 aromatic rings. The lowest BCUT2D eigenvalue weighted by molar-refractivity contribution is -0.118. The lowest BCUT2D eigenvalue weighted by Crippen LogP contribution is -2.33. The van der Waals surface area contributed by atoms with Crippen molar-refractivity contribution in [3.63, 3.8) is 0 Å². The molecule has 0 radical (unpaired) electrons. The van der Waals surface area contributed by atoms with Gasteiger partial charge in [-0.25, -0.2) is 0 Å². The van der Waals surface area contributed by atoms with E-state index in [-0.39, 0.29) is 17.9 Å². The molecule has 3 heterocycles. The van der Waals surface area contributed by atoms with Crippen molar-refractivity contribution in [1.29, 1.82) is 0 Å². The molecule has 3 aliphatic rings. The van der Waals surface area contributed by atoms with Crippen LogP contribution in [0, 0.1) is 0 Å². The van der Waals surface area contributed by atoms with Crippen LogP contribution < -0.4 is 19.7 Å². The number of benzene rings is 2. The molecule has 2 aromatic carbocycles. The van der Waals surface area contributed by atoms with Crippen molar-refractivity contribution < 1.29 is 19.1 Å². The first-order chi connectivity index (χ1) is 15.2. The van der Waals surface area contributed by atoms with E-state index in [2.05, 4.69) is 16.3 Å². The number of anilines is 2. The van der Waals surface area contributed by atoms with Gasteiger partial charge in [0.2, 0.25) is 11.8 Å². The van der Waals surface area contributed by atoms with Crippen LogP contribution in [0.5, 0.6) is 11.5 Å². The number of nitrogens with zero attached hydrogens (tertiary/aromatic N) is 2. The number of ether oxygens (including phenoxy) is 2. The Morgan fingerprint density at radius 1 is 1.03 bits per heavy atom. The second kappa shape index (κ2) is 8.59. The molecular weight excluding hydrogens is 394 g/mol. The molecule has 0 bridgehead atoms. The Morgan fingerprint density at radius 2 is 1.90 bits per heavy atom. The lowest BCUT2D eigenvalue weighted by Gasteiger charge is -2.26. The van der Waals surface area contributed by atoms with Gasteiger partial charge in [-0.15, -0.1) is 0 Å². The molecule has 1 unspecified atom stereocenters. The predicted octanol–water partition coefficient (Wildman–Crippen LogP) is 3.36. The smallest absolute Gasteiger partial charge is 0.238 e. The summed E-state index contributed by atoms with van der Waals surface area (Å²) in [4.78, 5) is 28.8. The number of hydrogen-bond acceptors (Lipinski definition) is 5. The fourth-order valence-electron chi connectivity index (χ4n) is 4.72. The third-order valence-electron chi connectivity index (χ3n) is 6.18. The predicted molar refractivity (Wildman–Crippen MR) is 118 cm³/mol. The van der Waals surface area contributed by atoms with Gasteiger partial charge in [0.1, 0.15) is 13.2 Å². The molecule has 3 aliphatic heterocycles. The van der Waals surface area contributed by atoms with E-state index < -0.39 is 0 Å². The van der Waals surface area contributed by atoms with E-state index >= 15 is 0 Å². The van der Waals surface area contributed by atoms with Crippen molar-refractivity contribution in [2.24, 2.45) is 0 Å². The number of fused-ring (bicyclic) bond motifs is 1. The number of hydrogen-bond donors (Lipinski definition) is 1. The third kappa shape index (κ3) is 4.23. The molecule has 1 N–H and O–H groups in total. The van der Waals surface area contributed by atoms with E-state index in [1.165, 1.54) is 0 Å². The largest absolute Gasteiger partial charge is 0.486 e. The van der Waals surface area contributed by atoms with Gasteiger partial charge in [0, 0.05) is 30.4 Å². The van der Waals surface area contributed by atoms with Gasteiger partial charge < -0.3 is 19.7 Å². The van der Waals surface area contributed by atoms with Gasteiger partial charge in [-0.1, -0.05) is 12.1 Å². The summed E-state index contributed by atoms with van der Waals surface area (Å²) in [6.45, 7) is 3.09. The van der Waals surface area contributed by atoms with E-state index in [1.54, 1.807) is 4.90 Å². The monoisotopic (exact) mass is 421 g/mol. The number of likely N-dealkylation sites (tertiary alicyclic amines) is 1. The Kier molecular flexibility index (Phi) is 5.51. The summed E-state index contributed by atoms with van der Waals surface area (Å²) in [6.07, 6.45) is 3.54.